The minimum absolute atomic E-state index is 0.102. The lowest BCUT2D eigenvalue weighted by molar-refractivity contribution is -0.384. The first kappa shape index (κ1) is 18.4. The number of nitrogens with two attached hydrogens (primary N) is 1. The molecular formula is C19H20N4O4. The van der Waals surface area contributed by atoms with E-state index < -0.39 is 22.5 Å². The normalized spacial score (nSPS) is 24.5. The maximum atomic E-state index is 12.1. The number of nitro benzene ring substituents is 1. The largest absolute Gasteiger partial charge is 0.478 e. The lowest BCUT2D eigenvalue weighted by Gasteiger charge is -2.40. The van der Waals surface area contributed by atoms with Crippen molar-refractivity contribution < 1.29 is 14.8 Å². The molecule has 2 atom stereocenters. The summed E-state index contributed by atoms with van der Waals surface area (Å²) in [5, 5.41) is 27.2. The fourth-order valence-electron chi connectivity index (χ4n) is 3.64. The highest BCUT2D eigenvalue weighted by molar-refractivity contribution is 5.91. The molecule has 1 aromatic carbocycles. The van der Waals surface area contributed by atoms with Gasteiger partial charge in [0.2, 0.25) is 0 Å². The number of non-ortho nitro benzene ring substituents is 1. The molecule has 5 N–H and O–H groups in total. The zero-order chi connectivity index (χ0) is 19.8. The van der Waals surface area contributed by atoms with Crippen LogP contribution in [0.5, 0.6) is 0 Å². The number of carboxylic acids is 1. The van der Waals surface area contributed by atoms with E-state index >= 15 is 0 Å². The maximum Gasteiger partial charge on any atom is 0.334 e. The third-order valence-electron chi connectivity index (χ3n) is 4.74. The molecule has 0 bridgehead atoms. The van der Waals surface area contributed by atoms with E-state index in [0.717, 1.165) is 0 Å². The smallest absolute Gasteiger partial charge is 0.334 e. The summed E-state index contributed by atoms with van der Waals surface area (Å²) >= 11 is 0. The Bertz CT molecular complexity index is 945. The van der Waals surface area contributed by atoms with Gasteiger partial charge in [0.25, 0.3) is 5.69 Å². The molecule has 8 nitrogen and oxygen atoms in total. The number of aliphatic carboxylic acids is 1. The van der Waals surface area contributed by atoms with E-state index in [-0.39, 0.29) is 11.3 Å². The maximum absolute atomic E-state index is 12.1. The van der Waals surface area contributed by atoms with Crippen LogP contribution in [0, 0.1) is 10.1 Å². The predicted molar refractivity (Wildman–Crippen MR) is 100 cm³/mol. The molecule has 2 heterocycles. The number of nitrogens with zero attached hydrogens (tertiary/aromatic N) is 1. The van der Waals surface area contributed by atoms with Crippen molar-refractivity contribution in [2.75, 3.05) is 0 Å². The monoisotopic (exact) mass is 368 g/mol. The molecule has 2 aliphatic rings. The third-order valence-corrected chi connectivity index (χ3v) is 4.74. The molecule has 8 heteroatoms. The van der Waals surface area contributed by atoms with E-state index in [1.54, 1.807) is 43.5 Å². The molecule has 140 valence electrons. The summed E-state index contributed by atoms with van der Waals surface area (Å²) < 4.78 is 0. The molecule has 2 unspecified atom stereocenters. The van der Waals surface area contributed by atoms with Gasteiger partial charge in [0.1, 0.15) is 5.66 Å². The summed E-state index contributed by atoms with van der Waals surface area (Å²) in [6.07, 6.45) is 6.96. The Kier molecular flexibility index (Phi) is 4.59. The molecule has 0 aliphatic carbocycles. The van der Waals surface area contributed by atoms with Crippen molar-refractivity contribution in [1.29, 1.82) is 0 Å². The van der Waals surface area contributed by atoms with Crippen molar-refractivity contribution in [3.8, 4) is 0 Å². The molecule has 27 heavy (non-hydrogen) atoms. The molecule has 0 saturated heterocycles. The highest BCUT2D eigenvalue weighted by atomic mass is 16.6. The lowest BCUT2D eigenvalue weighted by atomic mass is 9.74. The van der Waals surface area contributed by atoms with E-state index in [1.165, 1.54) is 12.1 Å². The summed E-state index contributed by atoms with van der Waals surface area (Å²) in [6, 6.07) is 5.99. The fourth-order valence-corrected chi connectivity index (χ4v) is 3.64. The number of hydrogen-bond acceptors (Lipinski definition) is 6. The van der Waals surface area contributed by atoms with Crippen molar-refractivity contribution in [2.45, 2.75) is 25.4 Å². The number of nitrogens with one attached hydrogen (secondary N) is 2. The second-order valence-electron chi connectivity index (χ2n) is 6.52. The minimum Gasteiger partial charge on any atom is -0.478 e. The number of carboxylic acid groups (broad SMARTS) is 1. The number of carbonyl (C=O) groups is 1. The van der Waals surface area contributed by atoms with Crippen LogP contribution in [0.25, 0.3) is 0 Å². The van der Waals surface area contributed by atoms with Crippen LogP contribution in [-0.4, -0.2) is 21.7 Å². The highest BCUT2D eigenvalue weighted by Gasteiger charge is 2.42. The number of dihydropyridines is 2. The van der Waals surface area contributed by atoms with E-state index in [1.807, 2.05) is 6.92 Å². The van der Waals surface area contributed by atoms with Gasteiger partial charge in [-0.2, -0.15) is 0 Å². The van der Waals surface area contributed by atoms with Crippen LogP contribution in [0.2, 0.25) is 0 Å². The Balaban J connectivity index is 2.24. The molecule has 0 aromatic heterocycles. The molecule has 0 spiro atoms. The zero-order valence-corrected chi connectivity index (χ0v) is 14.9. The summed E-state index contributed by atoms with van der Waals surface area (Å²) in [4.78, 5) is 22.8. The van der Waals surface area contributed by atoms with Crippen LogP contribution < -0.4 is 16.4 Å². The van der Waals surface area contributed by atoms with Crippen molar-refractivity contribution in [3.63, 3.8) is 0 Å². The van der Waals surface area contributed by atoms with Crippen molar-refractivity contribution in [3.05, 3.63) is 86.9 Å². The Hall–Kier alpha value is -3.39. The van der Waals surface area contributed by atoms with Gasteiger partial charge in [-0.25, -0.2) is 4.79 Å². The highest BCUT2D eigenvalue weighted by Crippen LogP contribution is 2.43. The first-order valence-corrected chi connectivity index (χ1v) is 8.32. The van der Waals surface area contributed by atoms with Gasteiger partial charge in [0, 0.05) is 35.0 Å². The number of rotatable bonds is 4. The lowest BCUT2D eigenvalue weighted by Crippen LogP contribution is -2.55. The second-order valence-corrected chi connectivity index (χ2v) is 6.52. The molecule has 2 aliphatic heterocycles. The van der Waals surface area contributed by atoms with Gasteiger partial charge in [0.05, 0.1) is 10.5 Å². The summed E-state index contributed by atoms with van der Waals surface area (Å²) in [6.45, 7) is 3.48. The van der Waals surface area contributed by atoms with Crippen molar-refractivity contribution in [2.24, 2.45) is 5.73 Å². The van der Waals surface area contributed by atoms with Gasteiger partial charge >= 0.3 is 5.97 Å². The topological polar surface area (TPSA) is 131 Å². The molecule has 0 saturated carbocycles. The van der Waals surface area contributed by atoms with Crippen LogP contribution in [0.4, 0.5) is 5.69 Å². The first-order chi connectivity index (χ1) is 12.7. The van der Waals surface area contributed by atoms with E-state index in [0.29, 0.717) is 22.5 Å². The summed E-state index contributed by atoms with van der Waals surface area (Å²) in [7, 11) is 0. The number of benzene rings is 1. The number of hydrogen-bond donors (Lipinski definition) is 4. The SMILES string of the molecule is CC1=C(C(=O)O)C(c2cccc([N+](=O)[O-])c2)C(C2(N)C=CC=CN2)=C(C)N1. The van der Waals surface area contributed by atoms with Gasteiger partial charge in [0.15, 0.2) is 0 Å². The van der Waals surface area contributed by atoms with Gasteiger partial charge in [-0.05, 0) is 37.8 Å². The minimum atomic E-state index is -1.14. The molecular weight excluding hydrogens is 348 g/mol. The van der Waals surface area contributed by atoms with Gasteiger partial charge < -0.3 is 21.5 Å². The Morgan fingerprint density at radius 2 is 2.04 bits per heavy atom. The third kappa shape index (κ3) is 3.22. The average molecular weight is 368 g/mol. The Morgan fingerprint density at radius 1 is 1.30 bits per heavy atom. The quantitative estimate of drug-likeness (QED) is 0.473. The van der Waals surface area contributed by atoms with E-state index in [2.05, 4.69) is 10.6 Å². The second kappa shape index (κ2) is 6.73. The van der Waals surface area contributed by atoms with Crippen LogP contribution in [0.15, 0.2) is 71.2 Å². The number of allylic oxidation sites excluding steroid dienone is 4. The van der Waals surface area contributed by atoms with E-state index in [4.69, 9.17) is 5.73 Å². The number of nitro groups is 1. The molecule has 1 aromatic rings. The molecule has 3 rings (SSSR count). The first-order valence-electron chi connectivity index (χ1n) is 8.32. The molecule has 0 radical (unpaired) electrons. The van der Waals surface area contributed by atoms with Crippen LogP contribution in [0.1, 0.15) is 25.3 Å². The molecule has 0 amide bonds. The van der Waals surface area contributed by atoms with Crippen LogP contribution >= 0.6 is 0 Å². The summed E-state index contributed by atoms with van der Waals surface area (Å²) in [5.74, 6) is -1.86. The fraction of sp³-hybridized carbons (Fsp3) is 0.211. The van der Waals surface area contributed by atoms with Crippen LogP contribution in [0.3, 0.4) is 0 Å². The Labute approximate surface area is 155 Å². The predicted octanol–water partition coefficient (Wildman–Crippen LogP) is 2.24. The Morgan fingerprint density at radius 3 is 2.63 bits per heavy atom. The van der Waals surface area contributed by atoms with E-state index in [9.17, 15) is 20.0 Å². The van der Waals surface area contributed by atoms with Crippen molar-refractivity contribution in [1.82, 2.24) is 10.6 Å². The summed E-state index contributed by atoms with van der Waals surface area (Å²) in [5.41, 5.74) is 7.67. The zero-order valence-electron chi connectivity index (χ0n) is 14.9. The average Bonchev–Trinajstić information content (AvgIpc) is 2.61. The standard InChI is InChI=1S/C19H20N4O4/c1-11-15(18(24)25)16(13-6-5-7-14(10-13)23(26)27)17(12(2)22-11)19(20)8-3-4-9-21-19/h3-10,16,21-22H,20H2,1-2H3,(H,24,25). The van der Waals surface area contributed by atoms with Crippen molar-refractivity contribution >= 4 is 11.7 Å². The van der Waals surface area contributed by atoms with Gasteiger partial charge in [-0.1, -0.05) is 18.2 Å². The molecule has 0 fully saturated rings. The van der Waals surface area contributed by atoms with Gasteiger partial charge in [-0.3, -0.25) is 10.1 Å². The van der Waals surface area contributed by atoms with Gasteiger partial charge in [-0.15, -0.1) is 0 Å². The van der Waals surface area contributed by atoms with Crippen LogP contribution in [-0.2, 0) is 4.79 Å².